The Morgan fingerprint density at radius 1 is 0.889 bits per heavy atom. The zero-order chi connectivity index (χ0) is 33.9. The number of carboxylic acid groups (broad SMARTS) is 2. The molecule has 1 aromatic carbocycles. The zero-order valence-electron chi connectivity index (χ0n) is 22.8. The maximum Gasteiger partial charge on any atom is 0.490 e. The van der Waals surface area contributed by atoms with Crippen molar-refractivity contribution in [1.82, 2.24) is 25.1 Å². The maximum atomic E-state index is 13.0. The lowest BCUT2D eigenvalue weighted by Gasteiger charge is -2.29. The summed E-state index contributed by atoms with van der Waals surface area (Å²) in [6.07, 6.45) is -10.7. The van der Waals surface area contributed by atoms with Crippen molar-refractivity contribution < 1.29 is 54.9 Å². The minimum absolute atomic E-state index is 0.146. The third-order valence-corrected chi connectivity index (χ3v) is 5.76. The summed E-state index contributed by atoms with van der Waals surface area (Å²) in [4.78, 5) is 36.8. The molecule has 6 N–H and O–H groups in total. The van der Waals surface area contributed by atoms with Crippen LogP contribution in [0.1, 0.15) is 5.82 Å². The Bertz CT molecular complexity index is 1480. The number of carbonyl (C=O) groups is 2. The molecule has 0 amide bonds. The van der Waals surface area contributed by atoms with Gasteiger partial charge < -0.3 is 26.2 Å². The van der Waals surface area contributed by atoms with E-state index < -0.39 is 36.1 Å². The minimum atomic E-state index is -5.08. The van der Waals surface area contributed by atoms with E-state index in [2.05, 4.69) is 37.5 Å². The van der Waals surface area contributed by atoms with Gasteiger partial charge in [0.1, 0.15) is 5.82 Å². The topological polar surface area (TPSA) is 179 Å². The van der Waals surface area contributed by atoms with Gasteiger partial charge in [0.15, 0.2) is 0 Å². The van der Waals surface area contributed by atoms with E-state index in [-0.39, 0.29) is 24.4 Å². The molecule has 246 valence electrons. The van der Waals surface area contributed by atoms with Gasteiger partial charge >= 0.3 is 30.0 Å². The minimum Gasteiger partial charge on any atom is -0.475 e. The number of pyridine rings is 1. The highest BCUT2D eigenvalue weighted by atomic mass is 19.4. The fourth-order valence-electron chi connectivity index (χ4n) is 3.58. The lowest BCUT2D eigenvalue weighted by Crippen LogP contribution is -2.43. The van der Waals surface area contributed by atoms with E-state index >= 15 is 0 Å². The van der Waals surface area contributed by atoms with Gasteiger partial charge in [-0.3, -0.25) is 4.98 Å². The van der Waals surface area contributed by atoms with Crippen LogP contribution in [0.25, 0.3) is 16.9 Å². The van der Waals surface area contributed by atoms with Crippen molar-refractivity contribution in [2.24, 2.45) is 5.73 Å². The summed E-state index contributed by atoms with van der Waals surface area (Å²) in [6, 6.07) is 11.7. The van der Waals surface area contributed by atoms with Crippen molar-refractivity contribution in [1.29, 1.82) is 0 Å². The number of nitrogens with two attached hydrogens (primary N) is 1. The highest BCUT2D eigenvalue weighted by Crippen LogP contribution is 2.23. The Labute approximate surface area is 247 Å². The number of hydrogen-bond donors (Lipinski definition) is 5. The summed E-state index contributed by atoms with van der Waals surface area (Å²) >= 11 is 0. The molecule has 1 fully saturated rings. The van der Waals surface area contributed by atoms with Crippen LogP contribution in [0.3, 0.4) is 0 Å². The van der Waals surface area contributed by atoms with Gasteiger partial charge in [0.25, 0.3) is 6.08 Å². The molecule has 3 aromatic rings. The number of nitrogens with one attached hydrogen (secondary N) is 2. The average molecular weight is 656 g/mol. The van der Waals surface area contributed by atoms with Gasteiger partial charge in [-0.25, -0.2) is 24.0 Å². The molecule has 0 bridgehead atoms. The number of hydrogen-bond acceptors (Lipinski definition) is 8. The number of rotatable bonds is 6. The molecule has 2 aromatic heterocycles. The second-order valence-corrected chi connectivity index (χ2v) is 8.82. The van der Waals surface area contributed by atoms with Crippen LogP contribution in [0.4, 0.5) is 40.8 Å². The molecule has 12 nitrogen and oxygen atoms in total. The number of aromatic nitrogens is 4. The lowest BCUT2D eigenvalue weighted by atomic mass is 10.1. The molecule has 0 spiro atoms. The molecular formula is C25H25F8N7O5. The van der Waals surface area contributed by atoms with Crippen LogP contribution in [0, 0.1) is 0 Å². The molecule has 1 saturated heterocycles. The quantitative estimate of drug-likeness (QED) is 0.248. The fraction of sp³-hybridized carbons (Fsp3) is 0.320. The molecule has 0 saturated carbocycles. The van der Waals surface area contributed by atoms with Gasteiger partial charge in [0, 0.05) is 56.0 Å². The lowest BCUT2D eigenvalue weighted by molar-refractivity contribution is -0.193. The third-order valence-electron chi connectivity index (χ3n) is 5.76. The van der Waals surface area contributed by atoms with E-state index in [1.54, 1.807) is 12.1 Å². The van der Waals surface area contributed by atoms with Crippen LogP contribution in [0.2, 0.25) is 0 Å². The number of H-pyrrole nitrogens is 1. The van der Waals surface area contributed by atoms with Crippen LogP contribution >= 0.6 is 0 Å². The van der Waals surface area contributed by atoms with E-state index in [0.29, 0.717) is 5.69 Å². The molecular weight excluding hydrogens is 630 g/mol. The number of benzene rings is 1. The summed E-state index contributed by atoms with van der Waals surface area (Å²) in [7, 11) is 0. The monoisotopic (exact) mass is 655 g/mol. The van der Waals surface area contributed by atoms with Crippen LogP contribution < -0.4 is 21.6 Å². The van der Waals surface area contributed by atoms with Gasteiger partial charge in [-0.05, 0) is 24.3 Å². The molecule has 0 aliphatic carbocycles. The Hall–Kier alpha value is -4.85. The predicted octanol–water partition coefficient (Wildman–Crippen LogP) is 2.95. The Balaban J connectivity index is 0.000000421. The molecule has 0 atom stereocenters. The average Bonchev–Trinajstić information content (AvgIpc) is 3.35. The van der Waals surface area contributed by atoms with E-state index in [1.165, 1.54) is 16.5 Å². The normalized spacial score (nSPS) is 13.1. The van der Waals surface area contributed by atoms with Crippen molar-refractivity contribution >= 4 is 17.6 Å². The van der Waals surface area contributed by atoms with Crippen molar-refractivity contribution in [2.45, 2.75) is 18.8 Å². The third kappa shape index (κ3) is 11.0. The summed E-state index contributed by atoms with van der Waals surface area (Å²) in [5.41, 5.74) is 7.87. The molecule has 4 rings (SSSR count). The molecule has 20 heteroatoms. The van der Waals surface area contributed by atoms with Crippen molar-refractivity contribution in [3.63, 3.8) is 0 Å². The smallest absolute Gasteiger partial charge is 0.475 e. The summed E-state index contributed by atoms with van der Waals surface area (Å²) in [5.74, 6) is -5.37. The Kier molecular flexibility index (Phi) is 12.7. The number of aliphatic carboxylic acids is 2. The molecule has 0 unspecified atom stereocenters. The maximum absolute atomic E-state index is 13.0. The summed E-state index contributed by atoms with van der Waals surface area (Å²) < 4.78 is 90.6. The van der Waals surface area contributed by atoms with E-state index in [9.17, 15) is 39.9 Å². The largest absolute Gasteiger partial charge is 0.490 e. The summed E-state index contributed by atoms with van der Waals surface area (Å²) in [5, 5.41) is 23.7. The Morgan fingerprint density at radius 3 is 1.82 bits per heavy atom. The van der Waals surface area contributed by atoms with Crippen molar-refractivity contribution in [3.05, 3.63) is 70.6 Å². The van der Waals surface area contributed by atoms with Gasteiger partial charge in [-0.1, -0.05) is 12.1 Å². The first-order chi connectivity index (χ1) is 20.9. The molecule has 3 heterocycles. The van der Waals surface area contributed by atoms with Gasteiger partial charge in [-0.2, -0.15) is 40.2 Å². The number of alkyl halides is 6. The van der Waals surface area contributed by atoms with Gasteiger partial charge in [-0.15, -0.1) is 0 Å². The molecule has 45 heavy (non-hydrogen) atoms. The Morgan fingerprint density at radius 2 is 1.40 bits per heavy atom. The predicted molar refractivity (Wildman–Crippen MR) is 142 cm³/mol. The number of halogens is 8. The van der Waals surface area contributed by atoms with Crippen LogP contribution in [-0.2, 0) is 16.0 Å². The first-order valence-electron chi connectivity index (χ1n) is 12.5. The van der Waals surface area contributed by atoms with E-state index in [4.69, 9.17) is 25.5 Å². The number of anilines is 1. The fourth-order valence-corrected chi connectivity index (χ4v) is 3.58. The summed E-state index contributed by atoms with van der Waals surface area (Å²) in [6.45, 7) is 3.58. The van der Waals surface area contributed by atoms with Crippen LogP contribution in [-0.4, -0.2) is 87.0 Å². The van der Waals surface area contributed by atoms with Crippen LogP contribution in [0.15, 0.2) is 59.0 Å². The number of piperazine rings is 1. The van der Waals surface area contributed by atoms with Crippen LogP contribution in [0.5, 0.6) is 0 Å². The van der Waals surface area contributed by atoms with Gasteiger partial charge in [0.2, 0.25) is 0 Å². The van der Waals surface area contributed by atoms with E-state index in [0.717, 1.165) is 37.4 Å². The standard InChI is InChI=1S/C21H23F2N7O.2C2HF3O2/c22-20(23)15(12-24)11-19-27-28-21(31)30(19)17-5-6-18(26-13-17)14-1-3-16(4-2-14)29-9-7-25-8-10-29;2*3-2(4,5)1(6)7/h1-6,13,25H,7-12,24H2,(H,28,31);2*(H,6,7). The molecule has 1 aliphatic rings. The molecule has 0 radical (unpaired) electrons. The van der Waals surface area contributed by atoms with Gasteiger partial charge in [0.05, 0.1) is 17.6 Å². The highest BCUT2D eigenvalue weighted by molar-refractivity contribution is 5.73. The van der Waals surface area contributed by atoms with Crippen molar-refractivity contribution in [2.75, 3.05) is 37.6 Å². The zero-order valence-corrected chi connectivity index (χ0v) is 22.8. The number of nitrogens with zero attached hydrogens (tertiary/aromatic N) is 4. The molecule has 1 aliphatic heterocycles. The second kappa shape index (κ2) is 15.7. The second-order valence-electron chi connectivity index (χ2n) is 8.82. The highest BCUT2D eigenvalue weighted by Gasteiger charge is 2.38. The van der Waals surface area contributed by atoms with E-state index in [1.807, 2.05) is 12.1 Å². The SMILES string of the molecule is NCC(Cc1n[nH]c(=O)n1-c1ccc(-c2ccc(N3CCNCC3)cc2)nc1)=C(F)F.O=C(O)C(F)(F)F.O=C(O)C(F)(F)F. The number of aromatic amines is 1. The van der Waals surface area contributed by atoms with Crippen molar-refractivity contribution in [3.8, 4) is 16.9 Å². The number of carboxylic acids is 2. The first-order valence-corrected chi connectivity index (χ1v) is 12.5. The first kappa shape index (κ1) is 36.3.